The molecule has 4 aromatic rings. The van der Waals surface area contributed by atoms with Crippen molar-refractivity contribution in [2.75, 3.05) is 38.2 Å². The standard InChI is InChI=1S/C23H22ClN5OS/c1-30-19-5-2-16(3-6-19)23-27-18(14-31-23)13-28-8-10-29(11-9-28)22-20-7-4-17(24)12-21(20)25-15-26-22/h2-7,12,14-15H,8-11,13H2,1H3. The first kappa shape index (κ1) is 20.2. The number of benzene rings is 2. The number of ether oxygens (including phenoxy) is 1. The molecule has 2 aromatic carbocycles. The van der Waals surface area contributed by atoms with Crippen LogP contribution in [0, 0.1) is 0 Å². The molecule has 0 amide bonds. The molecule has 1 saturated heterocycles. The fraction of sp³-hybridized carbons (Fsp3) is 0.261. The smallest absolute Gasteiger partial charge is 0.139 e. The van der Waals surface area contributed by atoms with Crippen LogP contribution in [0.1, 0.15) is 5.69 Å². The van der Waals surface area contributed by atoms with Crippen LogP contribution in [0.25, 0.3) is 21.5 Å². The molecule has 5 rings (SSSR count). The monoisotopic (exact) mass is 451 g/mol. The summed E-state index contributed by atoms with van der Waals surface area (Å²) in [6.07, 6.45) is 1.62. The van der Waals surface area contributed by atoms with E-state index >= 15 is 0 Å². The topological polar surface area (TPSA) is 54.4 Å². The Morgan fingerprint density at radius 2 is 1.84 bits per heavy atom. The van der Waals surface area contributed by atoms with Crippen molar-refractivity contribution in [2.24, 2.45) is 0 Å². The van der Waals surface area contributed by atoms with Gasteiger partial charge in [-0.25, -0.2) is 15.0 Å². The number of hydrogen-bond donors (Lipinski definition) is 0. The fourth-order valence-electron chi connectivity index (χ4n) is 3.86. The number of rotatable bonds is 5. The molecule has 0 aliphatic carbocycles. The van der Waals surface area contributed by atoms with Crippen molar-refractivity contribution in [2.45, 2.75) is 6.54 Å². The zero-order chi connectivity index (χ0) is 21.2. The van der Waals surface area contributed by atoms with Crippen LogP contribution in [0.15, 0.2) is 54.2 Å². The third-order valence-electron chi connectivity index (χ3n) is 5.52. The Morgan fingerprint density at radius 3 is 2.61 bits per heavy atom. The van der Waals surface area contributed by atoms with Crippen molar-refractivity contribution in [3.05, 3.63) is 64.9 Å². The Kier molecular flexibility index (Phi) is 5.72. The average molecular weight is 452 g/mol. The molecule has 31 heavy (non-hydrogen) atoms. The third kappa shape index (κ3) is 4.35. The maximum Gasteiger partial charge on any atom is 0.139 e. The van der Waals surface area contributed by atoms with Gasteiger partial charge in [-0.3, -0.25) is 4.90 Å². The lowest BCUT2D eigenvalue weighted by atomic mass is 10.2. The Labute approximate surface area is 190 Å². The number of piperazine rings is 1. The van der Waals surface area contributed by atoms with Crippen LogP contribution in [0.3, 0.4) is 0 Å². The summed E-state index contributed by atoms with van der Waals surface area (Å²) in [7, 11) is 1.68. The van der Waals surface area contributed by atoms with Gasteiger partial charge in [0, 0.05) is 54.1 Å². The SMILES string of the molecule is COc1ccc(-c2nc(CN3CCN(c4ncnc5cc(Cl)ccc45)CC3)cs2)cc1. The summed E-state index contributed by atoms with van der Waals surface area (Å²) in [5.41, 5.74) is 3.12. The minimum Gasteiger partial charge on any atom is -0.497 e. The van der Waals surface area contributed by atoms with E-state index in [1.807, 2.05) is 30.3 Å². The normalized spacial score (nSPS) is 14.8. The molecule has 0 unspecified atom stereocenters. The number of fused-ring (bicyclic) bond motifs is 1. The van der Waals surface area contributed by atoms with Gasteiger partial charge in [0.1, 0.15) is 22.9 Å². The highest BCUT2D eigenvalue weighted by Gasteiger charge is 2.21. The summed E-state index contributed by atoms with van der Waals surface area (Å²) < 4.78 is 5.24. The van der Waals surface area contributed by atoms with E-state index < -0.39 is 0 Å². The van der Waals surface area contributed by atoms with Gasteiger partial charge < -0.3 is 9.64 Å². The van der Waals surface area contributed by atoms with Gasteiger partial charge in [0.15, 0.2) is 0 Å². The molecule has 0 radical (unpaired) electrons. The lowest BCUT2D eigenvalue weighted by molar-refractivity contribution is 0.247. The minimum atomic E-state index is 0.694. The van der Waals surface area contributed by atoms with Crippen molar-refractivity contribution in [3.8, 4) is 16.3 Å². The highest BCUT2D eigenvalue weighted by molar-refractivity contribution is 7.13. The predicted molar refractivity (Wildman–Crippen MR) is 126 cm³/mol. The zero-order valence-electron chi connectivity index (χ0n) is 17.2. The van der Waals surface area contributed by atoms with Crippen molar-refractivity contribution in [1.82, 2.24) is 19.9 Å². The maximum absolute atomic E-state index is 6.12. The molecule has 6 nitrogen and oxygen atoms in total. The number of nitrogens with zero attached hydrogens (tertiary/aromatic N) is 5. The highest BCUT2D eigenvalue weighted by Crippen LogP contribution is 2.28. The minimum absolute atomic E-state index is 0.694. The first-order valence-electron chi connectivity index (χ1n) is 10.2. The molecule has 1 aliphatic rings. The molecule has 0 spiro atoms. The zero-order valence-corrected chi connectivity index (χ0v) is 18.7. The molecule has 8 heteroatoms. The molecule has 0 atom stereocenters. The molecule has 3 heterocycles. The molecule has 2 aromatic heterocycles. The van der Waals surface area contributed by atoms with Gasteiger partial charge in [-0.1, -0.05) is 11.6 Å². The number of hydrogen-bond acceptors (Lipinski definition) is 7. The van der Waals surface area contributed by atoms with Crippen molar-refractivity contribution in [1.29, 1.82) is 0 Å². The largest absolute Gasteiger partial charge is 0.497 e. The number of halogens is 1. The van der Waals surface area contributed by atoms with Crippen LogP contribution < -0.4 is 9.64 Å². The Bertz CT molecular complexity index is 1190. The number of thiazole rings is 1. The Morgan fingerprint density at radius 1 is 1.03 bits per heavy atom. The lowest BCUT2D eigenvalue weighted by Crippen LogP contribution is -2.46. The molecule has 0 bridgehead atoms. The maximum atomic E-state index is 6.12. The van der Waals surface area contributed by atoms with E-state index in [0.29, 0.717) is 5.02 Å². The van der Waals surface area contributed by atoms with Gasteiger partial charge in [0.2, 0.25) is 0 Å². The number of methoxy groups -OCH3 is 1. The van der Waals surface area contributed by atoms with Crippen LogP contribution >= 0.6 is 22.9 Å². The van der Waals surface area contributed by atoms with Crippen LogP contribution in [-0.2, 0) is 6.54 Å². The third-order valence-corrected chi connectivity index (χ3v) is 6.70. The summed E-state index contributed by atoms with van der Waals surface area (Å²) in [5.74, 6) is 1.84. The molecule has 158 valence electrons. The van der Waals surface area contributed by atoms with Gasteiger partial charge >= 0.3 is 0 Å². The van der Waals surface area contributed by atoms with E-state index in [-0.39, 0.29) is 0 Å². The lowest BCUT2D eigenvalue weighted by Gasteiger charge is -2.35. The summed E-state index contributed by atoms with van der Waals surface area (Å²) in [4.78, 5) is 18.5. The first-order chi connectivity index (χ1) is 15.2. The van der Waals surface area contributed by atoms with Crippen LogP contribution in [0.5, 0.6) is 5.75 Å². The predicted octanol–water partition coefficient (Wildman–Crippen LogP) is 4.74. The summed E-state index contributed by atoms with van der Waals surface area (Å²) >= 11 is 7.80. The molecule has 0 N–H and O–H groups in total. The highest BCUT2D eigenvalue weighted by atomic mass is 35.5. The summed E-state index contributed by atoms with van der Waals surface area (Å²) in [6, 6.07) is 13.9. The Hall–Kier alpha value is -2.74. The van der Waals surface area contributed by atoms with E-state index in [9.17, 15) is 0 Å². The van der Waals surface area contributed by atoms with Crippen molar-refractivity contribution in [3.63, 3.8) is 0 Å². The average Bonchev–Trinajstić information content (AvgIpc) is 3.27. The molecule has 1 aliphatic heterocycles. The quantitative estimate of drug-likeness (QED) is 0.437. The van der Waals surface area contributed by atoms with E-state index in [0.717, 1.165) is 71.5 Å². The van der Waals surface area contributed by atoms with Gasteiger partial charge in [0.25, 0.3) is 0 Å². The molecule has 1 fully saturated rings. The van der Waals surface area contributed by atoms with Crippen molar-refractivity contribution >= 4 is 39.7 Å². The second-order valence-electron chi connectivity index (χ2n) is 7.49. The Balaban J connectivity index is 1.23. The molecular weight excluding hydrogens is 430 g/mol. The van der Waals surface area contributed by atoms with Crippen molar-refractivity contribution < 1.29 is 4.74 Å². The van der Waals surface area contributed by atoms with Gasteiger partial charge in [-0.05, 0) is 42.5 Å². The first-order valence-corrected chi connectivity index (χ1v) is 11.4. The fourth-order valence-corrected chi connectivity index (χ4v) is 4.84. The second-order valence-corrected chi connectivity index (χ2v) is 8.79. The van der Waals surface area contributed by atoms with E-state index in [4.69, 9.17) is 21.3 Å². The van der Waals surface area contributed by atoms with E-state index in [2.05, 4.69) is 37.3 Å². The van der Waals surface area contributed by atoms with Crippen LogP contribution in [0.4, 0.5) is 5.82 Å². The number of aromatic nitrogens is 3. The number of anilines is 1. The molecule has 0 saturated carbocycles. The van der Waals surface area contributed by atoms with E-state index in [1.54, 1.807) is 24.8 Å². The summed E-state index contributed by atoms with van der Waals surface area (Å²) in [6.45, 7) is 4.64. The van der Waals surface area contributed by atoms with Crippen LogP contribution in [0.2, 0.25) is 5.02 Å². The van der Waals surface area contributed by atoms with E-state index in [1.165, 1.54) is 0 Å². The summed E-state index contributed by atoms with van der Waals surface area (Å²) in [5, 5.41) is 4.94. The van der Waals surface area contributed by atoms with Crippen LogP contribution in [-0.4, -0.2) is 53.1 Å². The molecular formula is C23H22ClN5OS. The van der Waals surface area contributed by atoms with Gasteiger partial charge in [-0.15, -0.1) is 11.3 Å². The second kappa shape index (κ2) is 8.78. The van der Waals surface area contributed by atoms with Gasteiger partial charge in [-0.2, -0.15) is 0 Å². The van der Waals surface area contributed by atoms with Gasteiger partial charge in [0.05, 0.1) is 18.3 Å².